The van der Waals surface area contributed by atoms with Crippen molar-refractivity contribution in [2.75, 3.05) is 0 Å². The largest absolute Gasteiger partial charge is 0.343 e. The minimum Gasteiger partial charge on any atom is -0.343 e. The summed E-state index contributed by atoms with van der Waals surface area (Å²) in [6, 6.07) is 2.03. The smallest absolute Gasteiger partial charge is 0.332 e. The van der Waals surface area contributed by atoms with Crippen LogP contribution in [0.5, 0.6) is 0 Å². The van der Waals surface area contributed by atoms with Gasteiger partial charge in [0.1, 0.15) is 10.9 Å². The van der Waals surface area contributed by atoms with Gasteiger partial charge in [0.05, 0.1) is 5.52 Å². The van der Waals surface area contributed by atoms with Gasteiger partial charge in [0.15, 0.2) is 5.65 Å². The number of hydrogen-bond acceptors (Lipinski definition) is 4. The molecule has 0 fully saturated rings. The van der Waals surface area contributed by atoms with Crippen molar-refractivity contribution < 1.29 is 0 Å². The molecule has 7 heteroatoms. The average Bonchev–Trinajstić information content (AvgIpc) is 2.98. The first kappa shape index (κ1) is 17.4. The number of hydrogen-bond donors (Lipinski definition) is 0. The number of aromatic nitrogens is 5. The molecule has 0 atom stereocenters. The Morgan fingerprint density at radius 1 is 1.00 bits per heavy atom. The summed E-state index contributed by atoms with van der Waals surface area (Å²) in [5.74, 6) is 0. The molecule has 0 N–H and O–H groups in total. The molecule has 0 saturated heterocycles. The number of nitrogens with zero attached hydrogens (tertiary/aromatic N) is 5. The minimum absolute atomic E-state index is 0.316. The lowest BCUT2D eigenvalue weighted by Crippen LogP contribution is -2.37. The Bertz CT molecular complexity index is 1040. The first-order valence-corrected chi connectivity index (χ1v) is 8.95. The van der Waals surface area contributed by atoms with Crippen LogP contribution in [0.25, 0.3) is 22.1 Å². The number of unbranched alkanes of at least 4 members (excludes halogenated alkanes) is 3. The summed E-state index contributed by atoms with van der Waals surface area (Å²) < 4.78 is 4.67. The van der Waals surface area contributed by atoms with Gasteiger partial charge in [-0.15, -0.1) is 10.2 Å². The van der Waals surface area contributed by atoms with Crippen LogP contribution in [0.2, 0.25) is 0 Å². The molecule has 0 amide bonds. The number of aryl methyl sites for hydroxylation is 3. The van der Waals surface area contributed by atoms with Gasteiger partial charge >= 0.3 is 5.69 Å². The SMILES string of the molecule is CCCCCCc1cc2nnc3c(c(=O)n(C)c(=O)n3C)c2n1CC. The van der Waals surface area contributed by atoms with Gasteiger partial charge in [0.25, 0.3) is 5.56 Å². The van der Waals surface area contributed by atoms with E-state index in [0.29, 0.717) is 11.0 Å². The van der Waals surface area contributed by atoms with Crippen LogP contribution in [-0.2, 0) is 27.1 Å². The van der Waals surface area contributed by atoms with E-state index in [0.717, 1.165) is 35.0 Å². The van der Waals surface area contributed by atoms with Crippen molar-refractivity contribution in [1.82, 2.24) is 23.9 Å². The van der Waals surface area contributed by atoms with E-state index in [1.54, 1.807) is 7.05 Å². The van der Waals surface area contributed by atoms with Gasteiger partial charge in [-0.05, 0) is 25.8 Å². The normalized spacial score (nSPS) is 11.7. The summed E-state index contributed by atoms with van der Waals surface area (Å²) in [6.07, 6.45) is 5.71. The van der Waals surface area contributed by atoms with E-state index in [-0.39, 0.29) is 11.2 Å². The molecule has 0 aliphatic rings. The third kappa shape index (κ3) is 2.77. The lowest BCUT2D eigenvalue weighted by atomic mass is 10.1. The molecule has 0 aliphatic heterocycles. The van der Waals surface area contributed by atoms with E-state index >= 15 is 0 Å². The van der Waals surface area contributed by atoms with Crippen LogP contribution in [0.1, 0.15) is 45.2 Å². The fourth-order valence-electron chi connectivity index (χ4n) is 3.49. The first-order chi connectivity index (χ1) is 12.0. The summed E-state index contributed by atoms with van der Waals surface area (Å²) in [6.45, 7) is 5.01. The van der Waals surface area contributed by atoms with Gasteiger partial charge in [-0.1, -0.05) is 26.2 Å². The zero-order valence-corrected chi connectivity index (χ0v) is 15.4. The topological polar surface area (TPSA) is 74.7 Å². The van der Waals surface area contributed by atoms with Crippen LogP contribution in [0.15, 0.2) is 15.7 Å². The van der Waals surface area contributed by atoms with Gasteiger partial charge in [0, 0.05) is 26.3 Å². The van der Waals surface area contributed by atoms with E-state index < -0.39 is 0 Å². The Morgan fingerprint density at radius 3 is 2.44 bits per heavy atom. The molecule has 3 heterocycles. The Kier molecular flexibility index (Phi) is 4.74. The first-order valence-electron chi connectivity index (χ1n) is 8.95. The quantitative estimate of drug-likeness (QED) is 0.643. The van der Waals surface area contributed by atoms with Crippen molar-refractivity contribution in [1.29, 1.82) is 0 Å². The molecule has 0 radical (unpaired) electrons. The van der Waals surface area contributed by atoms with E-state index in [2.05, 4.69) is 28.6 Å². The minimum atomic E-state index is -0.388. The third-order valence-corrected chi connectivity index (χ3v) is 4.89. The van der Waals surface area contributed by atoms with Crippen LogP contribution in [0, 0.1) is 0 Å². The van der Waals surface area contributed by atoms with E-state index in [9.17, 15) is 9.59 Å². The molecule has 0 unspecified atom stereocenters. The van der Waals surface area contributed by atoms with E-state index in [4.69, 9.17) is 0 Å². The van der Waals surface area contributed by atoms with Crippen molar-refractivity contribution in [3.63, 3.8) is 0 Å². The lowest BCUT2D eigenvalue weighted by molar-refractivity contribution is 0.638. The van der Waals surface area contributed by atoms with Crippen molar-refractivity contribution in [2.45, 2.75) is 52.5 Å². The average molecular weight is 343 g/mol. The van der Waals surface area contributed by atoms with E-state index in [1.807, 2.05) is 6.07 Å². The summed E-state index contributed by atoms with van der Waals surface area (Å²) in [5, 5.41) is 8.90. The molecule has 25 heavy (non-hydrogen) atoms. The molecule has 3 aromatic rings. The summed E-state index contributed by atoms with van der Waals surface area (Å²) in [7, 11) is 3.12. The van der Waals surface area contributed by atoms with Crippen molar-refractivity contribution in [2.24, 2.45) is 14.1 Å². The molecule has 3 rings (SSSR count). The zero-order valence-electron chi connectivity index (χ0n) is 15.4. The monoisotopic (exact) mass is 343 g/mol. The summed E-state index contributed by atoms with van der Waals surface area (Å²) in [5.41, 5.74) is 2.31. The standard InChI is InChI=1S/C18H25N5O2/c1-5-7-8-9-10-12-11-13-15(23(12)6-2)14-16(20-19-13)21(3)18(25)22(4)17(14)24/h11H,5-10H2,1-4H3. The molecule has 0 saturated carbocycles. The Morgan fingerprint density at radius 2 is 1.76 bits per heavy atom. The molecule has 0 aliphatic carbocycles. The Labute approximate surface area is 145 Å². The van der Waals surface area contributed by atoms with Crippen molar-refractivity contribution in [3.05, 3.63) is 32.6 Å². The second-order valence-electron chi connectivity index (χ2n) is 6.53. The maximum absolute atomic E-state index is 12.8. The van der Waals surface area contributed by atoms with Crippen molar-refractivity contribution in [3.8, 4) is 0 Å². The van der Waals surface area contributed by atoms with Gasteiger partial charge in [-0.3, -0.25) is 13.9 Å². The molecule has 134 valence electrons. The van der Waals surface area contributed by atoms with Crippen LogP contribution < -0.4 is 11.2 Å². The highest BCUT2D eigenvalue weighted by Gasteiger charge is 2.18. The molecule has 7 nitrogen and oxygen atoms in total. The Balaban J connectivity index is 2.27. The van der Waals surface area contributed by atoms with Gasteiger partial charge in [0.2, 0.25) is 0 Å². The fourth-order valence-corrected chi connectivity index (χ4v) is 3.49. The summed E-state index contributed by atoms with van der Waals surface area (Å²) in [4.78, 5) is 24.9. The molecule has 0 bridgehead atoms. The Hall–Kier alpha value is -2.44. The lowest BCUT2D eigenvalue weighted by Gasteiger charge is -2.10. The maximum atomic E-state index is 12.8. The summed E-state index contributed by atoms with van der Waals surface area (Å²) >= 11 is 0. The fraction of sp³-hybridized carbons (Fsp3) is 0.556. The second kappa shape index (κ2) is 6.82. The highest BCUT2D eigenvalue weighted by Crippen LogP contribution is 2.24. The van der Waals surface area contributed by atoms with Crippen LogP contribution in [-0.4, -0.2) is 23.9 Å². The predicted molar refractivity (Wildman–Crippen MR) is 99.0 cm³/mol. The molecule has 0 spiro atoms. The molecular weight excluding hydrogens is 318 g/mol. The van der Waals surface area contributed by atoms with Crippen LogP contribution in [0.4, 0.5) is 0 Å². The van der Waals surface area contributed by atoms with Gasteiger partial charge < -0.3 is 4.57 Å². The number of fused-ring (bicyclic) bond motifs is 3. The molecule has 0 aromatic carbocycles. The van der Waals surface area contributed by atoms with E-state index in [1.165, 1.54) is 36.6 Å². The van der Waals surface area contributed by atoms with Gasteiger partial charge in [-0.25, -0.2) is 4.79 Å². The number of rotatable bonds is 6. The van der Waals surface area contributed by atoms with Crippen molar-refractivity contribution >= 4 is 22.1 Å². The highest BCUT2D eigenvalue weighted by atomic mass is 16.2. The molecule has 3 aromatic heterocycles. The zero-order chi connectivity index (χ0) is 18.1. The second-order valence-corrected chi connectivity index (χ2v) is 6.53. The maximum Gasteiger partial charge on any atom is 0.332 e. The highest BCUT2D eigenvalue weighted by molar-refractivity contribution is 6.00. The van der Waals surface area contributed by atoms with Gasteiger partial charge in [-0.2, -0.15) is 0 Å². The predicted octanol–water partition coefficient (Wildman–Crippen LogP) is 2.12. The van der Waals surface area contributed by atoms with Crippen LogP contribution in [0.3, 0.4) is 0 Å². The van der Waals surface area contributed by atoms with Crippen LogP contribution >= 0.6 is 0 Å². The molecular formula is C18H25N5O2. The third-order valence-electron chi connectivity index (χ3n) is 4.89.